The van der Waals surface area contributed by atoms with Crippen molar-refractivity contribution in [1.29, 1.82) is 0 Å². The Morgan fingerprint density at radius 3 is 2.77 bits per heavy atom. The molecule has 0 aliphatic carbocycles. The van der Waals surface area contributed by atoms with Gasteiger partial charge in [0.25, 0.3) is 0 Å². The van der Waals surface area contributed by atoms with E-state index < -0.39 is 0 Å². The van der Waals surface area contributed by atoms with Crippen molar-refractivity contribution in [3.8, 4) is 0 Å². The second-order valence-corrected chi connectivity index (χ2v) is 8.41. The van der Waals surface area contributed by atoms with E-state index in [0.29, 0.717) is 6.61 Å². The number of halogens is 1. The monoisotopic (exact) mass is 424 g/mol. The minimum absolute atomic E-state index is 0.0230. The van der Waals surface area contributed by atoms with Crippen molar-refractivity contribution in [1.82, 2.24) is 19.7 Å². The summed E-state index contributed by atoms with van der Waals surface area (Å²) in [7, 11) is 0. The summed E-state index contributed by atoms with van der Waals surface area (Å²) in [6, 6.07) is 12.3. The first-order valence-corrected chi connectivity index (χ1v) is 11.0. The Morgan fingerprint density at radius 2 is 2.00 bits per heavy atom. The third-order valence-corrected chi connectivity index (χ3v) is 6.00. The first kappa shape index (κ1) is 21.0. The van der Waals surface area contributed by atoms with Crippen molar-refractivity contribution >= 4 is 11.6 Å². The number of pyridine rings is 1. The number of nitrogens with zero attached hydrogens (tertiary/aromatic N) is 4. The lowest BCUT2D eigenvalue weighted by Gasteiger charge is -2.32. The van der Waals surface area contributed by atoms with Gasteiger partial charge >= 0.3 is 0 Å². The predicted molar refractivity (Wildman–Crippen MR) is 120 cm³/mol. The molecule has 0 spiro atoms. The molecule has 3 aromatic rings. The summed E-state index contributed by atoms with van der Waals surface area (Å²) in [5.41, 5.74) is 6.75. The highest BCUT2D eigenvalue weighted by Crippen LogP contribution is 2.26. The molecule has 5 nitrogen and oxygen atoms in total. The molecule has 30 heavy (non-hydrogen) atoms. The second-order valence-electron chi connectivity index (χ2n) is 8.00. The summed E-state index contributed by atoms with van der Waals surface area (Å²) in [6.45, 7) is 10.5. The van der Waals surface area contributed by atoms with Crippen molar-refractivity contribution < 1.29 is 4.74 Å². The fourth-order valence-electron chi connectivity index (χ4n) is 4.04. The van der Waals surface area contributed by atoms with E-state index >= 15 is 0 Å². The normalized spacial score (nSPS) is 17.4. The van der Waals surface area contributed by atoms with Gasteiger partial charge in [0.15, 0.2) is 0 Å². The van der Waals surface area contributed by atoms with Crippen LogP contribution >= 0.6 is 11.6 Å². The molecule has 0 saturated carbocycles. The summed E-state index contributed by atoms with van der Waals surface area (Å²) in [5, 5.41) is 5.38. The Kier molecular flexibility index (Phi) is 6.52. The van der Waals surface area contributed by atoms with Gasteiger partial charge < -0.3 is 4.74 Å². The Labute approximate surface area is 183 Å². The Bertz CT molecular complexity index is 1020. The molecular formula is C24H29ClN4O. The van der Waals surface area contributed by atoms with Gasteiger partial charge in [0.1, 0.15) is 6.10 Å². The Morgan fingerprint density at radius 1 is 1.17 bits per heavy atom. The number of morpholine rings is 1. The molecule has 158 valence electrons. The number of hydrogen-bond donors (Lipinski definition) is 0. The van der Waals surface area contributed by atoms with Crippen LogP contribution < -0.4 is 0 Å². The van der Waals surface area contributed by atoms with Gasteiger partial charge in [-0.2, -0.15) is 5.10 Å². The van der Waals surface area contributed by atoms with Crippen LogP contribution in [0.1, 0.15) is 46.8 Å². The van der Waals surface area contributed by atoms with E-state index in [4.69, 9.17) is 21.3 Å². The van der Waals surface area contributed by atoms with Crippen LogP contribution in [0.3, 0.4) is 0 Å². The first-order chi connectivity index (χ1) is 14.5. The molecule has 1 aromatic carbocycles. The minimum Gasteiger partial charge on any atom is -0.369 e. The van der Waals surface area contributed by atoms with Crippen molar-refractivity contribution in [2.75, 3.05) is 19.7 Å². The number of benzene rings is 1. The molecule has 0 bridgehead atoms. The van der Waals surface area contributed by atoms with E-state index in [9.17, 15) is 0 Å². The number of ether oxygens (including phenoxy) is 1. The third kappa shape index (κ3) is 4.91. The summed E-state index contributed by atoms with van der Waals surface area (Å²) in [5.74, 6) is 0. The molecule has 0 radical (unpaired) electrons. The molecule has 1 aliphatic heterocycles. The van der Waals surface area contributed by atoms with Gasteiger partial charge in [0.05, 0.1) is 18.0 Å². The molecular weight excluding hydrogens is 396 g/mol. The van der Waals surface area contributed by atoms with E-state index in [1.165, 1.54) is 11.1 Å². The summed E-state index contributed by atoms with van der Waals surface area (Å²) in [4.78, 5) is 7.24. The van der Waals surface area contributed by atoms with Crippen LogP contribution in [0.15, 0.2) is 42.6 Å². The molecule has 1 aliphatic rings. The maximum Gasteiger partial charge on any atom is 0.112 e. The van der Waals surface area contributed by atoms with E-state index in [1.54, 1.807) is 0 Å². The van der Waals surface area contributed by atoms with Crippen molar-refractivity contribution in [3.63, 3.8) is 0 Å². The number of rotatable bonds is 6. The van der Waals surface area contributed by atoms with Gasteiger partial charge in [0, 0.05) is 48.7 Å². The van der Waals surface area contributed by atoms with Gasteiger partial charge in [0.2, 0.25) is 0 Å². The molecule has 1 atom stereocenters. The number of hydrogen-bond acceptors (Lipinski definition) is 4. The second kappa shape index (κ2) is 9.29. The highest BCUT2D eigenvalue weighted by Gasteiger charge is 2.24. The van der Waals surface area contributed by atoms with Crippen LogP contribution in [-0.2, 0) is 24.2 Å². The van der Waals surface area contributed by atoms with Crippen molar-refractivity contribution in [2.45, 2.75) is 46.4 Å². The summed E-state index contributed by atoms with van der Waals surface area (Å²) in [6.07, 6.45) is 2.93. The lowest BCUT2D eigenvalue weighted by molar-refractivity contribution is -0.0351. The van der Waals surface area contributed by atoms with Crippen LogP contribution in [0.5, 0.6) is 0 Å². The number of aromatic nitrogens is 3. The Hall–Kier alpha value is -2.21. The lowest BCUT2D eigenvalue weighted by Crippen LogP contribution is -2.38. The van der Waals surface area contributed by atoms with Crippen LogP contribution in [0.4, 0.5) is 0 Å². The molecule has 1 saturated heterocycles. The average Bonchev–Trinajstić information content (AvgIpc) is 3.09. The van der Waals surface area contributed by atoms with Crippen molar-refractivity contribution in [2.24, 2.45) is 0 Å². The largest absolute Gasteiger partial charge is 0.369 e. The van der Waals surface area contributed by atoms with E-state index in [1.807, 2.05) is 29.8 Å². The molecule has 0 N–H and O–H groups in total. The fraction of sp³-hybridized carbons (Fsp3) is 0.417. The van der Waals surface area contributed by atoms with Gasteiger partial charge in [-0.15, -0.1) is 0 Å². The molecule has 0 amide bonds. The smallest absolute Gasteiger partial charge is 0.112 e. The van der Waals surface area contributed by atoms with Crippen LogP contribution in [0.25, 0.3) is 0 Å². The van der Waals surface area contributed by atoms with Crippen LogP contribution in [0.2, 0.25) is 5.02 Å². The van der Waals surface area contributed by atoms with Crippen LogP contribution in [0, 0.1) is 13.8 Å². The molecule has 4 rings (SSSR count). The Balaban J connectivity index is 1.49. The van der Waals surface area contributed by atoms with E-state index in [-0.39, 0.29) is 6.10 Å². The fourth-order valence-corrected chi connectivity index (χ4v) is 4.24. The quantitative estimate of drug-likeness (QED) is 0.573. The lowest BCUT2D eigenvalue weighted by atomic mass is 10.0. The van der Waals surface area contributed by atoms with Gasteiger partial charge in [-0.3, -0.25) is 14.6 Å². The molecule has 3 heterocycles. The topological polar surface area (TPSA) is 43.2 Å². The highest BCUT2D eigenvalue weighted by molar-refractivity contribution is 6.31. The predicted octanol–water partition coefficient (Wildman–Crippen LogP) is 4.73. The minimum atomic E-state index is -0.0230. The first-order valence-electron chi connectivity index (χ1n) is 10.6. The van der Waals surface area contributed by atoms with Gasteiger partial charge in [-0.1, -0.05) is 29.8 Å². The maximum absolute atomic E-state index is 6.37. The zero-order valence-electron chi connectivity index (χ0n) is 17.9. The highest BCUT2D eigenvalue weighted by atomic mass is 35.5. The van der Waals surface area contributed by atoms with E-state index in [2.05, 4.69) is 48.2 Å². The summed E-state index contributed by atoms with van der Waals surface area (Å²) >= 11 is 6.37. The third-order valence-electron chi connectivity index (χ3n) is 5.63. The van der Waals surface area contributed by atoms with Gasteiger partial charge in [-0.25, -0.2) is 0 Å². The molecule has 1 fully saturated rings. The SMILES string of the molecule is CCn1cc(CN2CCO[C@H](c3cc(Cc4ccccc4Cl)cc(C)n3)C2)c(C)n1. The zero-order chi connectivity index (χ0) is 21.1. The molecule has 6 heteroatoms. The standard InChI is InChI=1S/C24H29ClN4O/c1-4-29-15-21(18(3)27-29)14-28-9-10-30-24(16-28)23-13-19(11-17(2)26-23)12-20-7-5-6-8-22(20)25/h5-8,11,13,15,24H,4,9-10,12,14,16H2,1-3H3/t24-/m0/s1. The van der Waals surface area contributed by atoms with Crippen molar-refractivity contribution in [3.05, 3.63) is 81.4 Å². The zero-order valence-corrected chi connectivity index (χ0v) is 18.7. The maximum atomic E-state index is 6.37. The molecule has 2 aromatic heterocycles. The van der Waals surface area contributed by atoms with Crippen LogP contribution in [-0.4, -0.2) is 39.4 Å². The van der Waals surface area contributed by atoms with Gasteiger partial charge in [-0.05, 0) is 56.5 Å². The molecule has 0 unspecified atom stereocenters. The average molecular weight is 425 g/mol. The summed E-state index contributed by atoms with van der Waals surface area (Å²) < 4.78 is 8.13. The number of aryl methyl sites for hydroxylation is 3. The van der Waals surface area contributed by atoms with E-state index in [0.717, 1.165) is 60.3 Å².